The fourth-order valence-electron chi connectivity index (χ4n) is 3.57. The van der Waals surface area contributed by atoms with Crippen molar-refractivity contribution in [1.82, 2.24) is 14.4 Å². The van der Waals surface area contributed by atoms with Gasteiger partial charge in [-0.05, 0) is 48.9 Å². The van der Waals surface area contributed by atoms with Crippen LogP contribution in [0.4, 0.5) is 0 Å². The van der Waals surface area contributed by atoms with Crippen LogP contribution in [0.3, 0.4) is 0 Å². The first kappa shape index (κ1) is 15.9. The lowest BCUT2D eigenvalue weighted by atomic mass is 10.1. The number of hydrogen-bond acceptors (Lipinski definition) is 3. The molecule has 5 heteroatoms. The summed E-state index contributed by atoms with van der Waals surface area (Å²) in [5, 5.41) is 0.770. The summed E-state index contributed by atoms with van der Waals surface area (Å²) >= 11 is 6.04. The molecule has 0 aliphatic carbocycles. The van der Waals surface area contributed by atoms with Crippen LogP contribution in [0.5, 0.6) is 0 Å². The van der Waals surface area contributed by atoms with Crippen LogP contribution in [-0.4, -0.2) is 60.4 Å². The van der Waals surface area contributed by atoms with Gasteiger partial charge in [0.05, 0.1) is 5.69 Å². The SMILES string of the molecule is CN1CCN(Cc2cn(-c3ccc(Cl)cc3)c3c2CCN=C3)CC1. The van der Waals surface area contributed by atoms with Gasteiger partial charge in [0.25, 0.3) is 0 Å². The number of benzene rings is 1. The molecular formula is C19H23ClN4. The summed E-state index contributed by atoms with van der Waals surface area (Å²) < 4.78 is 2.26. The van der Waals surface area contributed by atoms with E-state index in [1.54, 1.807) is 0 Å². The fraction of sp³-hybridized carbons (Fsp3) is 0.421. The number of hydrogen-bond donors (Lipinski definition) is 0. The summed E-state index contributed by atoms with van der Waals surface area (Å²) in [5.41, 5.74) is 5.27. The molecule has 0 unspecified atom stereocenters. The monoisotopic (exact) mass is 342 g/mol. The van der Waals surface area contributed by atoms with Crippen LogP contribution >= 0.6 is 11.6 Å². The average Bonchev–Trinajstić information content (AvgIpc) is 2.97. The molecule has 2 aliphatic rings. The van der Waals surface area contributed by atoms with Crippen molar-refractivity contribution in [3.63, 3.8) is 0 Å². The molecule has 1 saturated heterocycles. The molecule has 1 fully saturated rings. The summed E-state index contributed by atoms with van der Waals surface area (Å²) in [7, 11) is 2.20. The Kier molecular flexibility index (Phi) is 4.44. The number of rotatable bonds is 3. The van der Waals surface area contributed by atoms with Crippen molar-refractivity contribution < 1.29 is 0 Å². The molecule has 4 nitrogen and oxygen atoms in total. The van der Waals surface area contributed by atoms with Gasteiger partial charge in [0.15, 0.2) is 0 Å². The minimum atomic E-state index is 0.770. The Bertz CT molecular complexity index is 739. The first-order chi connectivity index (χ1) is 11.7. The zero-order valence-electron chi connectivity index (χ0n) is 14.1. The van der Waals surface area contributed by atoms with Gasteiger partial charge in [0.2, 0.25) is 0 Å². The van der Waals surface area contributed by atoms with Gasteiger partial charge < -0.3 is 9.47 Å². The van der Waals surface area contributed by atoms with Crippen molar-refractivity contribution in [3.05, 3.63) is 52.3 Å². The Balaban J connectivity index is 1.65. The van der Waals surface area contributed by atoms with Crippen LogP contribution in [-0.2, 0) is 13.0 Å². The van der Waals surface area contributed by atoms with Crippen molar-refractivity contribution in [2.24, 2.45) is 4.99 Å². The van der Waals surface area contributed by atoms with Crippen molar-refractivity contribution in [3.8, 4) is 5.69 Å². The van der Waals surface area contributed by atoms with E-state index in [1.807, 2.05) is 18.3 Å². The molecule has 0 spiro atoms. The Labute approximate surface area is 148 Å². The third-order valence-electron chi connectivity index (χ3n) is 5.04. The van der Waals surface area contributed by atoms with Crippen LogP contribution in [0.2, 0.25) is 5.02 Å². The molecule has 3 heterocycles. The molecule has 1 aromatic heterocycles. The second-order valence-corrected chi connectivity index (χ2v) is 7.17. The van der Waals surface area contributed by atoms with E-state index in [0.29, 0.717) is 0 Å². The van der Waals surface area contributed by atoms with Gasteiger partial charge in [-0.2, -0.15) is 0 Å². The summed E-state index contributed by atoms with van der Waals surface area (Å²) in [6.45, 7) is 6.53. The Hall–Kier alpha value is -1.62. The van der Waals surface area contributed by atoms with E-state index in [0.717, 1.165) is 56.4 Å². The minimum absolute atomic E-state index is 0.770. The van der Waals surface area contributed by atoms with Crippen molar-refractivity contribution in [2.75, 3.05) is 39.8 Å². The van der Waals surface area contributed by atoms with E-state index < -0.39 is 0 Å². The van der Waals surface area contributed by atoms with E-state index in [9.17, 15) is 0 Å². The lowest BCUT2D eigenvalue weighted by molar-refractivity contribution is 0.148. The standard InChI is InChI=1S/C19H23ClN4/c1-22-8-10-23(11-9-22)13-15-14-24(17-4-2-16(20)3-5-17)19-12-21-7-6-18(15)19/h2-5,12,14H,6-11,13H2,1H3. The Morgan fingerprint density at radius 1 is 1.08 bits per heavy atom. The van der Waals surface area contributed by atoms with Gasteiger partial charge in [-0.1, -0.05) is 11.6 Å². The summed E-state index contributed by atoms with van der Waals surface area (Å²) in [5.74, 6) is 0. The molecule has 4 rings (SSSR count). The second kappa shape index (κ2) is 6.71. The summed E-state index contributed by atoms with van der Waals surface area (Å²) in [6.07, 6.45) is 5.36. The molecule has 0 radical (unpaired) electrons. The van der Waals surface area contributed by atoms with E-state index in [4.69, 9.17) is 11.6 Å². The molecule has 0 atom stereocenters. The van der Waals surface area contributed by atoms with Crippen molar-refractivity contribution >= 4 is 17.8 Å². The number of likely N-dealkylation sites (N-methyl/N-ethyl adjacent to an activating group) is 1. The normalized spacial score (nSPS) is 18.8. The summed E-state index contributed by atoms with van der Waals surface area (Å²) in [6, 6.07) is 8.04. The molecule has 2 aromatic rings. The average molecular weight is 343 g/mol. The molecule has 24 heavy (non-hydrogen) atoms. The van der Waals surface area contributed by atoms with Crippen molar-refractivity contribution in [2.45, 2.75) is 13.0 Å². The number of aliphatic imine (C=N–C) groups is 1. The highest BCUT2D eigenvalue weighted by Crippen LogP contribution is 2.26. The zero-order chi connectivity index (χ0) is 16.5. The van der Waals surface area contributed by atoms with Crippen LogP contribution in [0.15, 0.2) is 35.5 Å². The lowest BCUT2D eigenvalue weighted by Crippen LogP contribution is -2.43. The van der Waals surface area contributed by atoms with E-state index in [2.05, 4.69) is 44.7 Å². The lowest BCUT2D eigenvalue weighted by Gasteiger charge is -2.32. The highest BCUT2D eigenvalue weighted by Gasteiger charge is 2.21. The third kappa shape index (κ3) is 3.14. The molecule has 126 valence electrons. The van der Waals surface area contributed by atoms with Crippen LogP contribution < -0.4 is 0 Å². The number of fused-ring (bicyclic) bond motifs is 1. The molecular weight excluding hydrogens is 320 g/mol. The number of nitrogens with zero attached hydrogens (tertiary/aromatic N) is 4. The predicted molar refractivity (Wildman–Crippen MR) is 99.7 cm³/mol. The molecule has 0 amide bonds. The Morgan fingerprint density at radius 3 is 2.58 bits per heavy atom. The molecule has 1 aromatic carbocycles. The van der Waals surface area contributed by atoms with Crippen LogP contribution in [0.25, 0.3) is 5.69 Å². The van der Waals surface area contributed by atoms with Gasteiger partial charge in [0.1, 0.15) is 0 Å². The van der Waals surface area contributed by atoms with Gasteiger partial charge in [-0.15, -0.1) is 0 Å². The fourth-order valence-corrected chi connectivity index (χ4v) is 3.69. The first-order valence-corrected chi connectivity index (χ1v) is 8.98. The highest BCUT2D eigenvalue weighted by atomic mass is 35.5. The van der Waals surface area contributed by atoms with Gasteiger partial charge >= 0.3 is 0 Å². The van der Waals surface area contributed by atoms with Gasteiger partial charge in [-0.3, -0.25) is 9.89 Å². The van der Waals surface area contributed by atoms with Gasteiger partial charge in [-0.25, -0.2) is 0 Å². The van der Waals surface area contributed by atoms with Gasteiger partial charge in [0, 0.05) is 62.4 Å². The molecule has 0 N–H and O–H groups in total. The minimum Gasteiger partial charge on any atom is -0.315 e. The number of aromatic nitrogens is 1. The van der Waals surface area contributed by atoms with Crippen LogP contribution in [0, 0.1) is 0 Å². The van der Waals surface area contributed by atoms with Crippen LogP contribution in [0.1, 0.15) is 16.8 Å². The molecule has 0 bridgehead atoms. The quantitative estimate of drug-likeness (QED) is 0.856. The van der Waals surface area contributed by atoms with Crippen molar-refractivity contribution in [1.29, 1.82) is 0 Å². The first-order valence-electron chi connectivity index (χ1n) is 8.60. The highest BCUT2D eigenvalue weighted by molar-refractivity contribution is 6.30. The maximum absolute atomic E-state index is 6.04. The topological polar surface area (TPSA) is 23.8 Å². The number of halogens is 1. The Morgan fingerprint density at radius 2 is 1.83 bits per heavy atom. The maximum Gasteiger partial charge on any atom is 0.0670 e. The number of piperazine rings is 1. The largest absolute Gasteiger partial charge is 0.315 e. The third-order valence-corrected chi connectivity index (χ3v) is 5.29. The van der Waals surface area contributed by atoms with E-state index in [1.165, 1.54) is 16.8 Å². The predicted octanol–water partition coefficient (Wildman–Crippen LogP) is 2.85. The smallest absolute Gasteiger partial charge is 0.0670 e. The molecule has 2 aliphatic heterocycles. The summed E-state index contributed by atoms with van der Waals surface area (Å²) in [4.78, 5) is 9.46. The second-order valence-electron chi connectivity index (χ2n) is 6.73. The zero-order valence-corrected chi connectivity index (χ0v) is 14.8. The molecule has 0 saturated carbocycles. The van der Waals surface area contributed by atoms with E-state index in [-0.39, 0.29) is 0 Å². The maximum atomic E-state index is 6.04. The van der Waals surface area contributed by atoms with E-state index >= 15 is 0 Å².